The topological polar surface area (TPSA) is 50.5 Å². The molecule has 2 rings (SSSR count). The standard InChI is InChI=1S/C12H6Br2Cl2N4/c13-9-3-1-7(5-17-9)11(15)19-20-12(16)8-2-4-10(14)18-6-8/h1-6H/b19-11-,20-12-. The van der Waals surface area contributed by atoms with Crippen LogP contribution in [0.3, 0.4) is 0 Å². The van der Waals surface area contributed by atoms with Gasteiger partial charge in [0.25, 0.3) is 0 Å². The van der Waals surface area contributed by atoms with Crippen LogP contribution in [0, 0.1) is 0 Å². The number of pyridine rings is 2. The van der Waals surface area contributed by atoms with E-state index in [1.54, 1.807) is 36.7 Å². The molecule has 0 spiro atoms. The highest BCUT2D eigenvalue weighted by Gasteiger charge is 2.03. The average molecular weight is 437 g/mol. The molecule has 4 nitrogen and oxygen atoms in total. The highest BCUT2D eigenvalue weighted by atomic mass is 79.9. The fourth-order valence-electron chi connectivity index (χ4n) is 1.20. The van der Waals surface area contributed by atoms with Gasteiger partial charge in [-0.25, -0.2) is 9.97 Å². The van der Waals surface area contributed by atoms with Crippen LogP contribution in [0.25, 0.3) is 0 Å². The molecule has 20 heavy (non-hydrogen) atoms. The molecular formula is C12H6Br2Cl2N4. The first-order valence-electron chi connectivity index (χ1n) is 5.27. The molecule has 0 aliphatic rings. The molecule has 0 unspecified atom stereocenters. The molecule has 0 aliphatic carbocycles. The lowest BCUT2D eigenvalue weighted by atomic mass is 10.3. The van der Waals surface area contributed by atoms with Gasteiger partial charge in [0.05, 0.1) is 0 Å². The van der Waals surface area contributed by atoms with Crippen LogP contribution >= 0.6 is 55.1 Å². The molecule has 0 bridgehead atoms. The molecule has 0 saturated heterocycles. The van der Waals surface area contributed by atoms with E-state index in [9.17, 15) is 0 Å². The van der Waals surface area contributed by atoms with Crippen LogP contribution in [0.5, 0.6) is 0 Å². The molecule has 0 N–H and O–H groups in total. The average Bonchev–Trinajstić information content (AvgIpc) is 2.46. The second-order valence-electron chi connectivity index (χ2n) is 3.52. The van der Waals surface area contributed by atoms with E-state index in [1.807, 2.05) is 0 Å². The lowest BCUT2D eigenvalue weighted by molar-refractivity contribution is 1.22. The van der Waals surface area contributed by atoms with Crippen LogP contribution in [0.4, 0.5) is 0 Å². The predicted molar refractivity (Wildman–Crippen MR) is 88.7 cm³/mol. The van der Waals surface area contributed by atoms with E-state index >= 15 is 0 Å². The Hall–Kier alpha value is -0.820. The van der Waals surface area contributed by atoms with E-state index in [0.717, 1.165) is 0 Å². The van der Waals surface area contributed by atoms with Crippen molar-refractivity contribution in [1.29, 1.82) is 0 Å². The molecule has 2 aromatic rings. The van der Waals surface area contributed by atoms with Crippen molar-refractivity contribution in [1.82, 2.24) is 9.97 Å². The molecule has 102 valence electrons. The van der Waals surface area contributed by atoms with Gasteiger partial charge >= 0.3 is 0 Å². The zero-order valence-electron chi connectivity index (χ0n) is 9.76. The number of hydrogen-bond donors (Lipinski definition) is 0. The summed E-state index contributed by atoms with van der Waals surface area (Å²) in [6.07, 6.45) is 3.17. The molecule has 0 radical (unpaired) electrons. The van der Waals surface area contributed by atoms with E-state index < -0.39 is 0 Å². The summed E-state index contributed by atoms with van der Waals surface area (Å²) in [6.45, 7) is 0. The van der Waals surface area contributed by atoms with Gasteiger partial charge in [-0.1, -0.05) is 23.2 Å². The SMILES string of the molecule is Cl/C(=N\N=C(/Cl)c1ccc(Br)nc1)c1ccc(Br)nc1. The third-order valence-electron chi connectivity index (χ3n) is 2.16. The van der Waals surface area contributed by atoms with Gasteiger partial charge in [-0.05, 0) is 56.1 Å². The molecule has 0 saturated carbocycles. The van der Waals surface area contributed by atoms with Crippen molar-refractivity contribution >= 4 is 65.4 Å². The summed E-state index contributed by atoms with van der Waals surface area (Å²) in [7, 11) is 0. The van der Waals surface area contributed by atoms with Crippen LogP contribution in [0.2, 0.25) is 0 Å². The molecule has 0 fully saturated rings. The maximum absolute atomic E-state index is 6.02. The number of rotatable bonds is 3. The Labute approximate surface area is 142 Å². The van der Waals surface area contributed by atoms with E-state index in [-0.39, 0.29) is 10.3 Å². The fourth-order valence-corrected chi connectivity index (χ4v) is 1.97. The van der Waals surface area contributed by atoms with E-state index in [2.05, 4.69) is 52.0 Å². The summed E-state index contributed by atoms with van der Waals surface area (Å²) < 4.78 is 1.43. The zero-order chi connectivity index (χ0) is 14.5. The molecule has 0 aromatic carbocycles. The number of aromatic nitrogens is 2. The predicted octanol–water partition coefficient (Wildman–Crippen LogP) is 4.59. The quantitative estimate of drug-likeness (QED) is 0.401. The van der Waals surface area contributed by atoms with Crippen molar-refractivity contribution < 1.29 is 0 Å². The number of halogens is 4. The molecular weight excluding hydrogens is 431 g/mol. The zero-order valence-corrected chi connectivity index (χ0v) is 14.4. The normalized spacial score (nSPS) is 12.6. The Morgan fingerprint density at radius 1 is 0.800 bits per heavy atom. The van der Waals surface area contributed by atoms with Crippen molar-refractivity contribution in [3.8, 4) is 0 Å². The summed E-state index contributed by atoms with van der Waals surface area (Å²) in [6, 6.07) is 7.06. The van der Waals surface area contributed by atoms with Crippen LogP contribution in [-0.4, -0.2) is 20.3 Å². The maximum atomic E-state index is 6.02. The van der Waals surface area contributed by atoms with Gasteiger partial charge in [-0.2, -0.15) is 0 Å². The first kappa shape index (κ1) is 15.6. The highest BCUT2D eigenvalue weighted by molar-refractivity contribution is 9.10. The third-order valence-corrected chi connectivity index (χ3v) is 3.68. The van der Waals surface area contributed by atoms with Gasteiger partial charge in [-0.3, -0.25) is 0 Å². The Morgan fingerprint density at radius 2 is 1.20 bits per heavy atom. The minimum atomic E-state index is 0.202. The maximum Gasteiger partial charge on any atom is 0.160 e. The smallest absolute Gasteiger partial charge is 0.160 e. The molecule has 2 aromatic heterocycles. The van der Waals surface area contributed by atoms with Crippen molar-refractivity contribution in [3.63, 3.8) is 0 Å². The minimum Gasteiger partial charge on any atom is -0.249 e. The largest absolute Gasteiger partial charge is 0.249 e. The van der Waals surface area contributed by atoms with E-state index in [4.69, 9.17) is 23.2 Å². The highest BCUT2D eigenvalue weighted by Crippen LogP contribution is 2.12. The molecule has 0 atom stereocenters. The lowest BCUT2D eigenvalue weighted by Crippen LogP contribution is -1.94. The molecule has 2 heterocycles. The molecule has 0 aliphatic heterocycles. The monoisotopic (exact) mass is 434 g/mol. The van der Waals surface area contributed by atoms with Gasteiger partial charge in [0.2, 0.25) is 0 Å². The summed E-state index contributed by atoms with van der Waals surface area (Å²) in [5.41, 5.74) is 1.30. The second-order valence-corrected chi connectivity index (χ2v) is 5.86. The van der Waals surface area contributed by atoms with Crippen LogP contribution < -0.4 is 0 Å². The Bertz CT molecular complexity index is 595. The molecule has 8 heteroatoms. The van der Waals surface area contributed by atoms with Crippen molar-refractivity contribution in [2.45, 2.75) is 0 Å². The molecule has 0 amide bonds. The van der Waals surface area contributed by atoms with Gasteiger partial charge in [0.15, 0.2) is 10.3 Å². The third kappa shape index (κ3) is 4.34. The van der Waals surface area contributed by atoms with Crippen molar-refractivity contribution in [2.24, 2.45) is 10.2 Å². The first-order chi connectivity index (χ1) is 9.56. The Morgan fingerprint density at radius 3 is 1.50 bits per heavy atom. The van der Waals surface area contributed by atoms with Gasteiger partial charge in [0, 0.05) is 23.5 Å². The van der Waals surface area contributed by atoms with Crippen LogP contribution in [0.15, 0.2) is 56.1 Å². The lowest BCUT2D eigenvalue weighted by Gasteiger charge is -1.98. The second kappa shape index (κ2) is 7.26. The van der Waals surface area contributed by atoms with Crippen LogP contribution in [-0.2, 0) is 0 Å². The summed E-state index contributed by atoms with van der Waals surface area (Å²) in [5, 5.41) is 8.14. The Balaban J connectivity index is 2.19. The summed E-state index contributed by atoms with van der Waals surface area (Å²) in [5.74, 6) is 0. The van der Waals surface area contributed by atoms with E-state index in [1.165, 1.54) is 0 Å². The van der Waals surface area contributed by atoms with E-state index in [0.29, 0.717) is 20.3 Å². The van der Waals surface area contributed by atoms with Crippen molar-refractivity contribution in [3.05, 3.63) is 57.0 Å². The van der Waals surface area contributed by atoms with Gasteiger partial charge < -0.3 is 0 Å². The Kier molecular flexibility index (Phi) is 5.65. The number of nitrogens with zero attached hydrogens (tertiary/aromatic N) is 4. The number of hydrogen-bond acceptors (Lipinski definition) is 4. The van der Waals surface area contributed by atoms with Gasteiger partial charge in [0.1, 0.15) is 9.21 Å². The van der Waals surface area contributed by atoms with Crippen molar-refractivity contribution in [2.75, 3.05) is 0 Å². The minimum absolute atomic E-state index is 0.202. The summed E-state index contributed by atoms with van der Waals surface area (Å²) in [4.78, 5) is 8.10. The first-order valence-corrected chi connectivity index (χ1v) is 7.61. The van der Waals surface area contributed by atoms with Gasteiger partial charge in [-0.15, -0.1) is 10.2 Å². The fraction of sp³-hybridized carbons (Fsp3) is 0. The summed E-state index contributed by atoms with van der Waals surface area (Å²) >= 11 is 18.5. The van der Waals surface area contributed by atoms with Crippen LogP contribution in [0.1, 0.15) is 11.1 Å².